The molecular weight excluding hydrogens is 164 g/mol. The molecule has 1 rings (SSSR count). The van der Waals surface area contributed by atoms with E-state index < -0.39 is 0 Å². The van der Waals surface area contributed by atoms with Crippen molar-refractivity contribution >= 4 is 5.69 Å². The first-order valence-electron chi connectivity index (χ1n) is 4.10. The number of rotatable bonds is 2. The second-order valence-corrected chi connectivity index (χ2v) is 2.96. The highest BCUT2D eigenvalue weighted by molar-refractivity contribution is 5.61. The Hall–Kier alpha value is -1.69. The highest BCUT2D eigenvalue weighted by atomic mass is 16.3. The van der Waals surface area contributed by atoms with Gasteiger partial charge in [0.15, 0.2) is 0 Å². The monoisotopic (exact) mass is 176 g/mol. The zero-order valence-corrected chi connectivity index (χ0v) is 7.70. The molecule has 0 fully saturated rings. The molecule has 0 saturated carbocycles. The van der Waals surface area contributed by atoms with E-state index in [1.807, 2.05) is 19.1 Å². The fourth-order valence-electron chi connectivity index (χ4n) is 1.09. The van der Waals surface area contributed by atoms with Crippen LogP contribution in [0, 0.1) is 18.3 Å². The normalized spacial score (nSPS) is 11.8. The van der Waals surface area contributed by atoms with Gasteiger partial charge in [0.1, 0.15) is 11.8 Å². The summed E-state index contributed by atoms with van der Waals surface area (Å²) in [5, 5.41) is 21.0. The van der Waals surface area contributed by atoms with Crippen LogP contribution in [0.1, 0.15) is 12.5 Å². The van der Waals surface area contributed by atoms with Gasteiger partial charge in [0.05, 0.1) is 11.8 Å². The number of benzene rings is 1. The number of nitriles is 1. The number of anilines is 1. The van der Waals surface area contributed by atoms with Gasteiger partial charge in [-0.05, 0) is 25.5 Å². The van der Waals surface area contributed by atoms with Gasteiger partial charge in [0.2, 0.25) is 0 Å². The number of aromatic hydroxyl groups is 1. The summed E-state index contributed by atoms with van der Waals surface area (Å²) in [4.78, 5) is 0. The van der Waals surface area contributed by atoms with Gasteiger partial charge in [-0.15, -0.1) is 0 Å². The number of aryl methyl sites for hydroxylation is 1. The van der Waals surface area contributed by atoms with E-state index in [9.17, 15) is 5.11 Å². The SMILES string of the molecule is Cc1cccc(O)c1NC(C)C#N. The first kappa shape index (κ1) is 9.40. The third-order valence-corrected chi connectivity index (χ3v) is 1.81. The summed E-state index contributed by atoms with van der Waals surface area (Å²) in [6.45, 7) is 3.62. The molecule has 0 bridgehead atoms. The van der Waals surface area contributed by atoms with Gasteiger partial charge in [0, 0.05) is 0 Å². The topological polar surface area (TPSA) is 56.0 Å². The summed E-state index contributed by atoms with van der Waals surface area (Å²) < 4.78 is 0. The van der Waals surface area contributed by atoms with Crippen molar-refractivity contribution in [1.82, 2.24) is 0 Å². The van der Waals surface area contributed by atoms with Gasteiger partial charge >= 0.3 is 0 Å². The molecule has 3 heteroatoms. The fraction of sp³-hybridized carbons (Fsp3) is 0.300. The van der Waals surface area contributed by atoms with Gasteiger partial charge < -0.3 is 10.4 Å². The first-order chi connectivity index (χ1) is 6.15. The Morgan fingerprint density at radius 3 is 2.77 bits per heavy atom. The van der Waals surface area contributed by atoms with E-state index >= 15 is 0 Å². The Labute approximate surface area is 77.6 Å². The standard InChI is InChI=1S/C10H12N2O/c1-7-4-3-5-9(13)10(7)12-8(2)6-11/h3-5,8,12-13H,1-2H3. The van der Waals surface area contributed by atoms with Crippen LogP contribution in [-0.2, 0) is 0 Å². The highest BCUT2D eigenvalue weighted by Gasteiger charge is 2.06. The first-order valence-corrected chi connectivity index (χ1v) is 4.10. The molecule has 0 aliphatic rings. The lowest BCUT2D eigenvalue weighted by Gasteiger charge is -2.12. The maximum atomic E-state index is 9.46. The van der Waals surface area contributed by atoms with Crippen LogP contribution in [0.2, 0.25) is 0 Å². The van der Waals surface area contributed by atoms with E-state index in [0.717, 1.165) is 5.56 Å². The van der Waals surface area contributed by atoms with Crippen molar-refractivity contribution in [1.29, 1.82) is 5.26 Å². The Kier molecular flexibility index (Phi) is 2.76. The number of nitrogens with zero attached hydrogens (tertiary/aromatic N) is 1. The van der Waals surface area contributed by atoms with Crippen LogP contribution in [0.4, 0.5) is 5.69 Å². The fourth-order valence-corrected chi connectivity index (χ4v) is 1.09. The van der Waals surface area contributed by atoms with E-state index in [1.54, 1.807) is 19.1 Å². The summed E-state index contributed by atoms with van der Waals surface area (Å²) in [5.41, 5.74) is 1.57. The quantitative estimate of drug-likeness (QED) is 0.678. The minimum absolute atomic E-state index is 0.182. The lowest BCUT2D eigenvalue weighted by Crippen LogP contribution is -2.12. The molecule has 0 aromatic heterocycles. The molecule has 0 heterocycles. The second-order valence-electron chi connectivity index (χ2n) is 2.96. The molecule has 3 nitrogen and oxygen atoms in total. The van der Waals surface area contributed by atoms with Crippen LogP contribution < -0.4 is 5.32 Å². The Morgan fingerprint density at radius 1 is 1.54 bits per heavy atom. The van der Waals surface area contributed by atoms with Gasteiger partial charge in [-0.2, -0.15) is 5.26 Å². The van der Waals surface area contributed by atoms with E-state index in [-0.39, 0.29) is 11.8 Å². The Morgan fingerprint density at radius 2 is 2.23 bits per heavy atom. The van der Waals surface area contributed by atoms with Crippen LogP contribution in [-0.4, -0.2) is 11.1 Å². The molecule has 0 amide bonds. The van der Waals surface area contributed by atoms with Crippen molar-refractivity contribution < 1.29 is 5.11 Å². The minimum Gasteiger partial charge on any atom is -0.506 e. The largest absolute Gasteiger partial charge is 0.506 e. The molecule has 1 atom stereocenters. The third kappa shape index (κ3) is 2.12. The molecule has 1 aromatic rings. The molecule has 1 unspecified atom stereocenters. The van der Waals surface area contributed by atoms with Crippen molar-refractivity contribution in [2.75, 3.05) is 5.32 Å². The summed E-state index contributed by atoms with van der Waals surface area (Å²) in [6, 6.07) is 7.00. The van der Waals surface area contributed by atoms with E-state index in [1.165, 1.54) is 0 Å². The predicted molar refractivity (Wildman–Crippen MR) is 51.5 cm³/mol. The van der Waals surface area contributed by atoms with Crippen molar-refractivity contribution in [2.45, 2.75) is 19.9 Å². The minimum atomic E-state index is -0.299. The number of phenolic OH excluding ortho intramolecular Hbond substituents is 1. The maximum Gasteiger partial charge on any atom is 0.138 e. The van der Waals surface area contributed by atoms with Crippen molar-refractivity contribution in [3.05, 3.63) is 23.8 Å². The lowest BCUT2D eigenvalue weighted by atomic mass is 10.1. The van der Waals surface area contributed by atoms with Gasteiger partial charge in [-0.25, -0.2) is 0 Å². The number of para-hydroxylation sites is 1. The summed E-state index contributed by atoms with van der Waals surface area (Å²) >= 11 is 0. The molecule has 0 aliphatic carbocycles. The molecule has 13 heavy (non-hydrogen) atoms. The molecule has 0 aliphatic heterocycles. The predicted octanol–water partition coefficient (Wildman–Crippen LogP) is 2.02. The average molecular weight is 176 g/mol. The number of hydrogen-bond donors (Lipinski definition) is 2. The van der Waals surface area contributed by atoms with Crippen LogP contribution >= 0.6 is 0 Å². The maximum absolute atomic E-state index is 9.46. The van der Waals surface area contributed by atoms with Crippen molar-refractivity contribution in [3.8, 4) is 11.8 Å². The summed E-state index contributed by atoms with van der Waals surface area (Å²) in [7, 11) is 0. The number of phenols is 1. The molecule has 0 saturated heterocycles. The van der Waals surface area contributed by atoms with Crippen molar-refractivity contribution in [2.24, 2.45) is 0 Å². The summed E-state index contributed by atoms with van der Waals surface area (Å²) in [6.07, 6.45) is 0. The average Bonchev–Trinajstić information content (AvgIpc) is 2.11. The van der Waals surface area contributed by atoms with Gasteiger partial charge in [-0.1, -0.05) is 12.1 Å². The lowest BCUT2D eigenvalue weighted by molar-refractivity contribution is 0.476. The van der Waals surface area contributed by atoms with E-state index in [0.29, 0.717) is 5.69 Å². The Bertz CT molecular complexity index is 321. The van der Waals surface area contributed by atoms with E-state index in [2.05, 4.69) is 5.32 Å². The summed E-state index contributed by atoms with van der Waals surface area (Å²) in [5.74, 6) is 0.182. The second kappa shape index (κ2) is 3.81. The van der Waals surface area contributed by atoms with Gasteiger partial charge in [0.25, 0.3) is 0 Å². The van der Waals surface area contributed by atoms with Crippen LogP contribution in [0.25, 0.3) is 0 Å². The van der Waals surface area contributed by atoms with Crippen LogP contribution in [0.15, 0.2) is 18.2 Å². The molecule has 68 valence electrons. The number of hydrogen-bond acceptors (Lipinski definition) is 3. The third-order valence-electron chi connectivity index (χ3n) is 1.81. The van der Waals surface area contributed by atoms with E-state index in [4.69, 9.17) is 5.26 Å². The zero-order chi connectivity index (χ0) is 9.84. The molecule has 1 aromatic carbocycles. The van der Waals surface area contributed by atoms with Crippen molar-refractivity contribution in [3.63, 3.8) is 0 Å². The Balaban J connectivity index is 2.95. The molecule has 2 N–H and O–H groups in total. The van der Waals surface area contributed by atoms with Gasteiger partial charge in [-0.3, -0.25) is 0 Å². The molecule has 0 radical (unpaired) electrons. The molecular formula is C10H12N2O. The number of nitrogens with one attached hydrogen (secondary N) is 1. The highest BCUT2D eigenvalue weighted by Crippen LogP contribution is 2.26. The molecule has 0 spiro atoms. The van der Waals surface area contributed by atoms with Crippen LogP contribution in [0.5, 0.6) is 5.75 Å². The van der Waals surface area contributed by atoms with Crippen LogP contribution in [0.3, 0.4) is 0 Å². The zero-order valence-electron chi connectivity index (χ0n) is 7.70. The smallest absolute Gasteiger partial charge is 0.138 e.